The normalized spacial score (nSPS) is 15.9. The summed E-state index contributed by atoms with van der Waals surface area (Å²) in [6, 6.07) is 16.6. The second-order valence-electron chi connectivity index (χ2n) is 5.92. The Labute approximate surface area is 158 Å². The zero-order chi connectivity index (χ0) is 18.6. The summed E-state index contributed by atoms with van der Waals surface area (Å²) in [5.41, 5.74) is 2.13. The molecule has 1 fully saturated rings. The quantitative estimate of drug-likeness (QED) is 0.807. The zero-order valence-electron chi connectivity index (χ0n) is 14.0. The molecule has 2 aromatic carbocycles. The van der Waals surface area contributed by atoms with Crippen molar-refractivity contribution < 1.29 is 8.42 Å². The summed E-state index contributed by atoms with van der Waals surface area (Å²) in [5.74, 6) is 0. The lowest BCUT2D eigenvalue weighted by Crippen LogP contribution is -2.48. The molecule has 5 nitrogen and oxygen atoms in total. The van der Waals surface area contributed by atoms with E-state index in [-0.39, 0.29) is 0 Å². The van der Waals surface area contributed by atoms with Gasteiger partial charge in [-0.15, -0.1) is 0 Å². The summed E-state index contributed by atoms with van der Waals surface area (Å²) in [6.07, 6.45) is 1.61. The Bertz CT molecular complexity index is 944. The summed E-state index contributed by atoms with van der Waals surface area (Å²) in [5, 5.41) is 11.0. The van der Waals surface area contributed by atoms with E-state index in [1.54, 1.807) is 24.3 Å². The number of hydrogen-bond acceptors (Lipinski definition) is 4. The summed E-state index contributed by atoms with van der Waals surface area (Å²) >= 11 is 5.94. The molecule has 26 heavy (non-hydrogen) atoms. The van der Waals surface area contributed by atoms with E-state index in [9.17, 15) is 13.7 Å². The Morgan fingerprint density at radius 2 is 1.73 bits per heavy atom. The number of rotatable bonds is 4. The Hall–Kier alpha value is -2.33. The average molecular weight is 388 g/mol. The molecule has 0 atom stereocenters. The van der Waals surface area contributed by atoms with Crippen molar-refractivity contribution in [2.24, 2.45) is 0 Å². The standard InChI is InChI=1S/C19H18ClN3O2S/c20-18-6-7-19(17(14-18)15-21)22-9-11-23(12-10-22)26(24,25)13-8-16-4-2-1-3-5-16/h1-8,13-14H,9-12H2/b13-8+. The van der Waals surface area contributed by atoms with Gasteiger partial charge in [-0.3, -0.25) is 0 Å². The molecule has 0 aliphatic carbocycles. The minimum atomic E-state index is -3.47. The van der Waals surface area contributed by atoms with Crippen LogP contribution in [-0.2, 0) is 10.0 Å². The molecule has 1 aliphatic heterocycles. The minimum Gasteiger partial charge on any atom is -0.368 e. The van der Waals surface area contributed by atoms with E-state index in [2.05, 4.69) is 6.07 Å². The third kappa shape index (κ3) is 4.25. The van der Waals surface area contributed by atoms with Crippen molar-refractivity contribution in [2.75, 3.05) is 31.1 Å². The monoisotopic (exact) mass is 387 g/mol. The number of nitriles is 1. The lowest BCUT2D eigenvalue weighted by atomic mass is 10.1. The van der Waals surface area contributed by atoms with Crippen LogP contribution in [0.4, 0.5) is 5.69 Å². The third-order valence-electron chi connectivity index (χ3n) is 4.25. The number of nitrogens with zero attached hydrogens (tertiary/aromatic N) is 3. The van der Waals surface area contributed by atoms with Gasteiger partial charge in [0.05, 0.1) is 11.3 Å². The van der Waals surface area contributed by atoms with Crippen molar-refractivity contribution in [3.05, 3.63) is 70.1 Å². The van der Waals surface area contributed by atoms with Crippen LogP contribution in [0.25, 0.3) is 6.08 Å². The van der Waals surface area contributed by atoms with Crippen LogP contribution in [0, 0.1) is 11.3 Å². The highest BCUT2D eigenvalue weighted by Gasteiger charge is 2.26. The van der Waals surface area contributed by atoms with Crippen molar-refractivity contribution in [2.45, 2.75) is 0 Å². The van der Waals surface area contributed by atoms with Crippen molar-refractivity contribution in [3.63, 3.8) is 0 Å². The predicted molar refractivity (Wildman–Crippen MR) is 104 cm³/mol. The van der Waals surface area contributed by atoms with Crippen LogP contribution in [0.15, 0.2) is 53.9 Å². The van der Waals surface area contributed by atoms with E-state index < -0.39 is 10.0 Å². The molecular formula is C19H18ClN3O2S. The first-order valence-corrected chi connectivity index (χ1v) is 10.1. The van der Waals surface area contributed by atoms with Crippen LogP contribution in [0.2, 0.25) is 5.02 Å². The summed E-state index contributed by atoms with van der Waals surface area (Å²) in [4.78, 5) is 2.02. The Balaban J connectivity index is 1.68. The molecule has 1 saturated heterocycles. The van der Waals surface area contributed by atoms with Gasteiger partial charge in [0.2, 0.25) is 10.0 Å². The number of hydrogen-bond donors (Lipinski definition) is 0. The first-order valence-electron chi connectivity index (χ1n) is 8.17. The van der Waals surface area contributed by atoms with E-state index in [0.29, 0.717) is 36.8 Å². The van der Waals surface area contributed by atoms with E-state index in [1.165, 1.54) is 9.71 Å². The number of halogens is 1. The molecule has 0 unspecified atom stereocenters. The van der Waals surface area contributed by atoms with Gasteiger partial charge in [0, 0.05) is 36.6 Å². The van der Waals surface area contributed by atoms with Gasteiger partial charge >= 0.3 is 0 Å². The number of piperazine rings is 1. The Morgan fingerprint density at radius 3 is 2.38 bits per heavy atom. The predicted octanol–water partition coefficient (Wildman–Crippen LogP) is 3.33. The maximum atomic E-state index is 12.5. The van der Waals surface area contributed by atoms with Crippen LogP contribution < -0.4 is 4.90 Å². The fraction of sp³-hybridized carbons (Fsp3) is 0.211. The largest absolute Gasteiger partial charge is 0.368 e. The lowest BCUT2D eigenvalue weighted by Gasteiger charge is -2.35. The topological polar surface area (TPSA) is 64.4 Å². The van der Waals surface area contributed by atoms with Crippen LogP contribution in [0.3, 0.4) is 0 Å². The number of sulfonamides is 1. The minimum absolute atomic E-state index is 0.370. The first-order chi connectivity index (χ1) is 12.5. The summed E-state index contributed by atoms with van der Waals surface area (Å²) in [6.45, 7) is 1.79. The highest BCUT2D eigenvalue weighted by molar-refractivity contribution is 7.92. The van der Waals surface area contributed by atoms with Gasteiger partial charge in [-0.25, -0.2) is 8.42 Å². The third-order valence-corrected chi connectivity index (χ3v) is 6.05. The molecule has 2 aromatic rings. The SMILES string of the molecule is N#Cc1cc(Cl)ccc1N1CCN(S(=O)(=O)/C=C/c2ccccc2)CC1. The van der Waals surface area contributed by atoms with E-state index in [0.717, 1.165) is 11.3 Å². The fourth-order valence-electron chi connectivity index (χ4n) is 2.87. The van der Waals surface area contributed by atoms with E-state index in [1.807, 2.05) is 35.2 Å². The van der Waals surface area contributed by atoms with Gasteiger partial charge in [-0.1, -0.05) is 41.9 Å². The number of anilines is 1. The van der Waals surface area contributed by atoms with Crippen LogP contribution in [0.5, 0.6) is 0 Å². The average Bonchev–Trinajstić information content (AvgIpc) is 2.67. The maximum Gasteiger partial charge on any atom is 0.236 e. The van der Waals surface area contributed by atoms with E-state index >= 15 is 0 Å². The highest BCUT2D eigenvalue weighted by Crippen LogP contribution is 2.25. The Kier molecular flexibility index (Phi) is 5.62. The van der Waals surface area contributed by atoms with Gasteiger partial charge in [0.25, 0.3) is 0 Å². The summed E-state index contributed by atoms with van der Waals surface area (Å²) in [7, 11) is -3.47. The van der Waals surface area contributed by atoms with Crippen molar-refractivity contribution in [1.29, 1.82) is 5.26 Å². The van der Waals surface area contributed by atoms with Gasteiger partial charge < -0.3 is 4.90 Å². The van der Waals surface area contributed by atoms with E-state index in [4.69, 9.17) is 11.6 Å². The molecule has 1 heterocycles. The lowest BCUT2D eigenvalue weighted by molar-refractivity contribution is 0.390. The molecule has 0 aromatic heterocycles. The second kappa shape index (κ2) is 7.92. The molecule has 0 N–H and O–H groups in total. The molecule has 0 amide bonds. The van der Waals surface area contributed by atoms with Crippen molar-refractivity contribution in [1.82, 2.24) is 4.31 Å². The molecule has 0 saturated carbocycles. The van der Waals surface area contributed by atoms with Gasteiger partial charge in [-0.2, -0.15) is 9.57 Å². The van der Waals surface area contributed by atoms with Gasteiger partial charge in [-0.05, 0) is 29.8 Å². The fourth-order valence-corrected chi connectivity index (χ4v) is 4.22. The zero-order valence-corrected chi connectivity index (χ0v) is 15.6. The molecule has 134 valence electrons. The van der Waals surface area contributed by atoms with Gasteiger partial charge in [0.1, 0.15) is 6.07 Å². The molecule has 7 heteroatoms. The van der Waals surface area contributed by atoms with Crippen LogP contribution in [0.1, 0.15) is 11.1 Å². The summed E-state index contributed by atoms with van der Waals surface area (Å²) < 4.78 is 26.5. The first kappa shape index (κ1) is 18.5. The smallest absolute Gasteiger partial charge is 0.236 e. The van der Waals surface area contributed by atoms with Crippen LogP contribution in [-0.4, -0.2) is 38.9 Å². The van der Waals surface area contributed by atoms with Crippen molar-refractivity contribution >= 4 is 33.4 Å². The molecule has 0 radical (unpaired) electrons. The second-order valence-corrected chi connectivity index (χ2v) is 8.17. The molecule has 1 aliphatic rings. The number of benzene rings is 2. The molecule has 0 bridgehead atoms. The molecular weight excluding hydrogens is 370 g/mol. The van der Waals surface area contributed by atoms with Crippen molar-refractivity contribution in [3.8, 4) is 6.07 Å². The van der Waals surface area contributed by atoms with Gasteiger partial charge in [0.15, 0.2) is 0 Å². The maximum absolute atomic E-state index is 12.5. The Morgan fingerprint density at radius 1 is 1.04 bits per heavy atom. The highest BCUT2D eigenvalue weighted by atomic mass is 35.5. The molecule has 0 spiro atoms. The molecule has 3 rings (SSSR count). The van der Waals surface area contributed by atoms with Crippen LogP contribution >= 0.6 is 11.6 Å².